The summed E-state index contributed by atoms with van der Waals surface area (Å²) in [5.74, 6) is -0.772. The summed E-state index contributed by atoms with van der Waals surface area (Å²) < 4.78 is 36.2. The Hall–Kier alpha value is -3.54. The van der Waals surface area contributed by atoms with Gasteiger partial charge in [0.05, 0.1) is 6.61 Å². The molecule has 1 rings (SSSR count). The third kappa shape index (κ3) is 15.1. The highest BCUT2D eigenvalue weighted by Crippen LogP contribution is 2.30. The second kappa shape index (κ2) is 18.7. The van der Waals surface area contributed by atoms with Gasteiger partial charge in [-0.1, -0.05) is 46.6 Å². The molecule has 0 saturated heterocycles. The fraction of sp³-hybridized carbons (Fsp3) is 0.655. The van der Waals surface area contributed by atoms with Crippen molar-refractivity contribution in [3.8, 4) is 11.5 Å². The number of esters is 1. The van der Waals surface area contributed by atoms with Crippen molar-refractivity contribution in [1.29, 1.82) is 0 Å². The first kappa shape index (κ1) is 35.5. The fourth-order valence-corrected chi connectivity index (χ4v) is 3.44. The predicted molar refractivity (Wildman–Crippen MR) is 149 cm³/mol. The quantitative estimate of drug-likeness (QED) is 0.144. The number of nitrogens with two attached hydrogens (primary N) is 1. The highest BCUT2D eigenvalue weighted by atomic mass is 16.8. The van der Waals surface area contributed by atoms with E-state index in [-0.39, 0.29) is 49.3 Å². The monoisotopic (exact) mass is 583 g/mol. The van der Waals surface area contributed by atoms with Crippen molar-refractivity contribution in [2.75, 3.05) is 13.2 Å². The molecule has 0 aliphatic carbocycles. The van der Waals surface area contributed by atoms with Gasteiger partial charge in [0.15, 0.2) is 11.5 Å². The van der Waals surface area contributed by atoms with E-state index in [9.17, 15) is 19.2 Å². The lowest BCUT2D eigenvalue weighted by atomic mass is 10.1. The number of rotatable bonds is 16. The van der Waals surface area contributed by atoms with Gasteiger partial charge in [-0.25, -0.2) is 14.4 Å². The molecule has 12 nitrogen and oxygen atoms in total. The van der Waals surface area contributed by atoms with E-state index in [0.717, 1.165) is 12.8 Å². The molecule has 41 heavy (non-hydrogen) atoms. The number of ether oxygens (including phenoxy) is 7. The summed E-state index contributed by atoms with van der Waals surface area (Å²) in [6.45, 7) is 12.7. The molecule has 0 amide bonds. The molecule has 0 aromatic heterocycles. The maximum Gasteiger partial charge on any atom is 0.514 e. The third-order valence-corrected chi connectivity index (χ3v) is 5.43. The fourth-order valence-electron chi connectivity index (χ4n) is 3.44. The number of carbonyl (C=O) groups is 4. The average Bonchev–Trinajstić information content (AvgIpc) is 2.87. The topological polar surface area (TPSA) is 159 Å². The van der Waals surface area contributed by atoms with Crippen molar-refractivity contribution in [3.63, 3.8) is 0 Å². The van der Waals surface area contributed by atoms with Crippen LogP contribution in [0, 0.1) is 5.92 Å². The van der Waals surface area contributed by atoms with Gasteiger partial charge >= 0.3 is 24.4 Å². The van der Waals surface area contributed by atoms with Crippen molar-refractivity contribution in [3.05, 3.63) is 23.8 Å². The molecule has 1 aromatic rings. The Bertz CT molecular complexity index is 982. The maximum atomic E-state index is 12.5. The van der Waals surface area contributed by atoms with Crippen LogP contribution >= 0.6 is 0 Å². The first-order chi connectivity index (χ1) is 19.3. The van der Waals surface area contributed by atoms with Crippen molar-refractivity contribution < 1.29 is 52.3 Å². The summed E-state index contributed by atoms with van der Waals surface area (Å²) in [7, 11) is 0. The van der Waals surface area contributed by atoms with Crippen LogP contribution in [0.25, 0.3) is 0 Å². The van der Waals surface area contributed by atoms with Gasteiger partial charge in [0.25, 0.3) is 0 Å². The number of hydrogen-bond donors (Lipinski definition) is 1. The average molecular weight is 584 g/mol. The summed E-state index contributed by atoms with van der Waals surface area (Å²) in [6.07, 6.45) is -1.37. The highest BCUT2D eigenvalue weighted by molar-refractivity contribution is 5.76. The van der Waals surface area contributed by atoms with E-state index >= 15 is 0 Å². The molecular formula is C29H45NO11. The van der Waals surface area contributed by atoms with E-state index in [1.807, 2.05) is 27.7 Å². The zero-order valence-electron chi connectivity index (χ0n) is 25.1. The summed E-state index contributed by atoms with van der Waals surface area (Å²) in [5, 5.41) is 0. The standard InChI is InChI=1S/C29H45NO11/c1-8-10-19(5)37-28(33)40-24-13-12-22(15-25(24)41-29(34)38-20(6)11-9-2)14-23(30)26(31)35-17-21(7)39-27(32)36-16-18(3)4/h12-13,15,18-21,23H,8-11,14,16-17,30H2,1-7H3/t19?,20?,21-,23-/m0/s1. The smallest absolute Gasteiger partial charge is 0.461 e. The largest absolute Gasteiger partial charge is 0.514 e. The normalized spacial score (nSPS) is 13.8. The van der Waals surface area contributed by atoms with E-state index in [1.54, 1.807) is 26.8 Å². The van der Waals surface area contributed by atoms with Gasteiger partial charge in [0.1, 0.15) is 31.0 Å². The SMILES string of the molecule is CCCC(C)OC(=O)Oc1ccc(C[C@H](N)C(=O)OC[C@H](C)OC(=O)OCC(C)C)cc1OC(=O)OC(C)CCC. The molecule has 0 aliphatic heterocycles. The molecule has 12 heteroatoms. The molecule has 0 saturated carbocycles. The summed E-state index contributed by atoms with van der Waals surface area (Å²) in [6, 6.07) is 3.27. The van der Waals surface area contributed by atoms with Crippen molar-refractivity contribution in [2.24, 2.45) is 11.7 Å². The Kier molecular flexibility index (Phi) is 16.2. The summed E-state index contributed by atoms with van der Waals surface area (Å²) in [5.41, 5.74) is 6.51. The predicted octanol–water partition coefficient (Wildman–Crippen LogP) is 5.71. The second-order valence-electron chi connectivity index (χ2n) is 10.2. The lowest BCUT2D eigenvalue weighted by molar-refractivity contribution is -0.148. The molecule has 0 bridgehead atoms. The van der Waals surface area contributed by atoms with E-state index in [4.69, 9.17) is 38.9 Å². The zero-order valence-corrected chi connectivity index (χ0v) is 25.1. The molecule has 0 aliphatic rings. The minimum atomic E-state index is -1.09. The van der Waals surface area contributed by atoms with E-state index < -0.39 is 36.6 Å². The van der Waals surface area contributed by atoms with E-state index in [0.29, 0.717) is 18.4 Å². The van der Waals surface area contributed by atoms with E-state index in [2.05, 4.69) is 0 Å². The Morgan fingerprint density at radius 3 is 1.78 bits per heavy atom. The Balaban J connectivity index is 2.87. The highest BCUT2D eigenvalue weighted by Gasteiger charge is 2.22. The van der Waals surface area contributed by atoms with Gasteiger partial charge in [-0.15, -0.1) is 0 Å². The molecule has 0 heterocycles. The van der Waals surface area contributed by atoms with Crippen LogP contribution in [0.3, 0.4) is 0 Å². The zero-order chi connectivity index (χ0) is 30.9. The van der Waals surface area contributed by atoms with Crippen LogP contribution in [-0.4, -0.2) is 62.0 Å². The number of hydrogen-bond acceptors (Lipinski definition) is 12. The van der Waals surface area contributed by atoms with E-state index in [1.165, 1.54) is 12.1 Å². The van der Waals surface area contributed by atoms with Gasteiger partial charge in [-0.3, -0.25) is 4.79 Å². The van der Waals surface area contributed by atoms with Gasteiger partial charge in [0, 0.05) is 0 Å². The van der Waals surface area contributed by atoms with Crippen molar-refractivity contribution >= 4 is 24.4 Å². The summed E-state index contributed by atoms with van der Waals surface area (Å²) >= 11 is 0. The maximum absolute atomic E-state index is 12.5. The molecule has 0 radical (unpaired) electrons. The third-order valence-electron chi connectivity index (χ3n) is 5.43. The van der Waals surface area contributed by atoms with Crippen LogP contribution in [0.5, 0.6) is 11.5 Å². The van der Waals surface area contributed by atoms with Gasteiger partial charge < -0.3 is 38.9 Å². The molecule has 2 unspecified atom stereocenters. The lowest BCUT2D eigenvalue weighted by Gasteiger charge is -2.17. The van der Waals surface area contributed by atoms with Crippen LogP contribution in [0.15, 0.2) is 18.2 Å². The van der Waals surface area contributed by atoms with Crippen LogP contribution < -0.4 is 15.2 Å². The van der Waals surface area contributed by atoms with Gasteiger partial charge in [-0.05, 0) is 63.6 Å². The summed E-state index contributed by atoms with van der Waals surface area (Å²) in [4.78, 5) is 48.8. The minimum absolute atomic E-state index is 0.000404. The lowest BCUT2D eigenvalue weighted by Crippen LogP contribution is -2.36. The molecule has 4 atom stereocenters. The Morgan fingerprint density at radius 2 is 1.24 bits per heavy atom. The van der Waals surface area contributed by atoms with Crippen LogP contribution in [0.1, 0.15) is 79.7 Å². The molecule has 0 spiro atoms. The number of carbonyl (C=O) groups excluding carboxylic acids is 4. The molecule has 232 valence electrons. The number of benzene rings is 1. The Morgan fingerprint density at radius 1 is 0.707 bits per heavy atom. The Labute approximate surface area is 242 Å². The minimum Gasteiger partial charge on any atom is -0.461 e. The molecule has 2 N–H and O–H groups in total. The van der Waals surface area contributed by atoms with Crippen molar-refractivity contribution in [1.82, 2.24) is 0 Å². The van der Waals surface area contributed by atoms with Crippen LogP contribution in [0.4, 0.5) is 14.4 Å². The van der Waals surface area contributed by atoms with Gasteiger partial charge in [-0.2, -0.15) is 0 Å². The molecule has 0 fully saturated rings. The van der Waals surface area contributed by atoms with Crippen LogP contribution in [-0.2, 0) is 34.9 Å². The van der Waals surface area contributed by atoms with Gasteiger partial charge in [0.2, 0.25) is 0 Å². The van der Waals surface area contributed by atoms with Crippen molar-refractivity contribution in [2.45, 2.75) is 105 Å². The first-order valence-corrected chi connectivity index (χ1v) is 14.0. The first-order valence-electron chi connectivity index (χ1n) is 14.0. The molecule has 1 aromatic carbocycles. The second-order valence-corrected chi connectivity index (χ2v) is 10.2. The molecular weight excluding hydrogens is 538 g/mol. The van der Waals surface area contributed by atoms with Crippen LogP contribution in [0.2, 0.25) is 0 Å².